The molecule has 1 unspecified atom stereocenters. The number of alkyl halides is 1. The van der Waals surface area contributed by atoms with Crippen LogP contribution in [0.1, 0.15) is 12.1 Å². The quantitative estimate of drug-likeness (QED) is 0.792. The highest BCUT2D eigenvalue weighted by Gasteiger charge is 2.11. The van der Waals surface area contributed by atoms with E-state index in [1.54, 1.807) is 7.11 Å². The lowest BCUT2D eigenvalue weighted by atomic mass is 10.2. The van der Waals surface area contributed by atoms with E-state index >= 15 is 0 Å². The van der Waals surface area contributed by atoms with Crippen LogP contribution in [0.2, 0.25) is 0 Å². The van der Waals surface area contributed by atoms with Gasteiger partial charge in [0.05, 0.1) is 17.8 Å². The van der Waals surface area contributed by atoms with Gasteiger partial charge >= 0.3 is 0 Å². The maximum absolute atomic E-state index is 5.80. The molecule has 0 aliphatic heterocycles. The van der Waals surface area contributed by atoms with Crippen molar-refractivity contribution < 1.29 is 4.74 Å². The molecule has 0 amide bonds. The smallest absolute Gasteiger partial charge is 0.0841 e. The summed E-state index contributed by atoms with van der Waals surface area (Å²) < 4.78 is 7.11. The summed E-state index contributed by atoms with van der Waals surface area (Å²) in [5.41, 5.74) is 2.22. The number of aromatic nitrogens is 2. The Kier molecular flexibility index (Phi) is 5.19. The third kappa shape index (κ3) is 3.47. The summed E-state index contributed by atoms with van der Waals surface area (Å²) in [4.78, 5) is 0. The number of aryl methyl sites for hydroxylation is 1. The first kappa shape index (κ1) is 14.3. The number of nitrogens with zero attached hydrogens (tertiary/aromatic N) is 2. The molecule has 2 aromatic rings. The van der Waals surface area contributed by atoms with Crippen LogP contribution in [0.4, 0.5) is 0 Å². The molecule has 1 aromatic heterocycles. The van der Waals surface area contributed by atoms with Gasteiger partial charge in [-0.1, -0.05) is 18.2 Å². The molecule has 0 fully saturated rings. The minimum absolute atomic E-state index is 0.267. The zero-order chi connectivity index (χ0) is 13.7. The topological polar surface area (TPSA) is 39.1 Å². The molecule has 0 saturated heterocycles. The molecule has 2 rings (SSSR count). The summed E-state index contributed by atoms with van der Waals surface area (Å²) in [6.45, 7) is 1.39. The van der Waals surface area contributed by atoms with Crippen LogP contribution in [0.5, 0.6) is 0 Å². The third-order valence-electron chi connectivity index (χ3n) is 3.22. The summed E-state index contributed by atoms with van der Waals surface area (Å²) in [6.07, 6.45) is 0.889. The van der Waals surface area contributed by atoms with Gasteiger partial charge in [0.1, 0.15) is 0 Å². The number of benzene rings is 1. The summed E-state index contributed by atoms with van der Waals surface area (Å²) >= 11 is 5.80. The lowest BCUT2D eigenvalue weighted by molar-refractivity contribution is 0.164. The second kappa shape index (κ2) is 6.89. The minimum Gasteiger partial charge on any atom is -0.383 e. The number of methoxy groups -OCH3 is 1. The predicted octanol–water partition coefficient (Wildman–Crippen LogP) is 2.31. The van der Waals surface area contributed by atoms with Crippen LogP contribution in [0.3, 0.4) is 0 Å². The fourth-order valence-corrected chi connectivity index (χ4v) is 2.50. The Morgan fingerprint density at radius 1 is 1.42 bits per heavy atom. The highest BCUT2D eigenvalue weighted by Crippen LogP contribution is 2.17. The van der Waals surface area contributed by atoms with Crippen molar-refractivity contribution in [3.05, 3.63) is 30.0 Å². The van der Waals surface area contributed by atoms with E-state index in [9.17, 15) is 0 Å². The van der Waals surface area contributed by atoms with E-state index in [0.29, 0.717) is 12.5 Å². The molecule has 19 heavy (non-hydrogen) atoms. The number of halogens is 1. The summed E-state index contributed by atoms with van der Waals surface area (Å²) in [5.74, 6) is 0.629. The Hall–Kier alpha value is -1.10. The molecule has 1 aromatic carbocycles. The Morgan fingerprint density at radius 2 is 2.21 bits per heavy atom. The first-order valence-electron chi connectivity index (χ1n) is 6.45. The van der Waals surface area contributed by atoms with Gasteiger partial charge in [0.2, 0.25) is 0 Å². The molecule has 0 radical (unpaired) electrons. The van der Waals surface area contributed by atoms with E-state index in [1.807, 2.05) is 23.9 Å². The lowest BCUT2D eigenvalue weighted by Gasteiger charge is -2.15. The van der Waals surface area contributed by atoms with Gasteiger partial charge in [0, 0.05) is 38.0 Å². The first-order chi connectivity index (χ1) is 9.26. The number of ether oxygens (including phenoxy) is 1. The molecule has 1 N–H and O–H groups in total. The number of fused-ring (bicyclic) bond motifs is 1. The molecule has 1 atom stereocenters. The van der Waals surface area contributed by atoms with Crippen LogP contribution in [0, 0.1) is 0 Å². The first-order valence-corrected chi connectivity index (χ1v) is 6.98. The Bertz CT molecular complexity index is 520. The van der Waals surface area contributed by atoms with Gasteiger partial charge in [-0.3, -0.25) is 4.68 Å². The number of hydrogen-bond acceptors (Lipinski definition) is 3. The van der Waals surface area contributed by atoms with Gasteiger partial charge in [-0.25, -0.2) is 0 Å². The number of para-hydroxylation sites is 1. The van der Waals surface area contributed by atoms with Gasteiger partial charge in [-0.2, -0.15) is 5.10 Å². The van der Waals surface area contributed by atoms with Crippen molar-refractivity contribution in [3.63, 3.8) is 0 Å². The van der Waals surface area contributed by atoms with Crippen molar-refractivity contribution in [2.75, 3.05) is 19.6 Å². The molecule has 4 nitrogen and oxygen atoms in total. The second-order valence-electron chi connectivity index (χ2n) is 4.60. The lowest BCUT2D eigenvalue weighted by Crippen LogP contribution is -2.33. The van der Waals surface area contributed by atoms with E-state index in [0.717, 1.165) is 24.2 Å². The maximum Gasteiger partial charge on any atom is 0.0841 e. The standard InChI is InChI=1S/C14H20ClN3O/c1-18-14-6-4-3-5-12(14)13(17-18)9-16-11(7-8-15)10-19-2/h3-6,11,16H,7-10H2,1-2H3. The van der Waals surface area contributed by atoms with Crippen molar-refractivity contribution in [1.82, 2.24) is 15.1 Å². The molecule has 5 heteroatoms. The van der Waals surface area contributed by atoms with Crippen molar-refractivity contribution >= 4 is 22.5 Å². The van der Waals surface area contributed by atoms with Gasteiger partial charge in [0.25, 0.3) is 0 Å². The van der Waals surface area contributed by atoms with Crippen LogP contribution in [-0.2, 0) is 18.3 Å². The molecular weight excluding hydrogens is 262 g/mol. The number of hydrogen-bond donors (Lipinski definition) is 1. The second-order valence-corrected chi connectivity index (χ2v) is 4.98. The van der Waals surface area contributed by atoms with E-state index in [1.165, 1.54) is 5.39 Å². The maximum atomic E-state index is 5.80. The average Bonchev–Trinajstić information content (AvgIpc) is 2.74. The van der Waals surface area contributed by atoms with E-state index < -0.39 is 0 Å². The molecule has 0 saturated carbocycles. The van der Waals surface area contributed by atoms with Crippen molar-refractivity contribution in [1.29, 1.82) is 0 Å². The molecular formula is C14H20ClN3O. The highest BCUT2D eigenvalue weighted by atomic mass is 35.5. The van der Waals surface area contributed by atoms with Gasteiger partial charge in [0.15, 0.2) is 0 Å². The largest absolute Gasteiger partial charge is 0.383 e. The van der Waals surface area contributed by atoms with Gasteiger partial charge in [-0.15, -0.1) is 11.6 Å². The summed E-state index contributed by atoms with van der Waals surface area (Å²) in [5, 5.41) is 9.21. The van der Waals surface area contributed by atoms with Crippen LogP contribution < -0.4 is 5.32 Å². The van der Waals surface area contributed by atoms with Crippen LogP contribution in [0.15, 0.2) is 24.3 Å². The van der Waals surface area contributed by atoms with Crippen LogP contribution in [0.25, 0.3) is 10.9 Å². The molecule has 0 bridgehead atoms. The zero-order valence-electron chi connectivity index (χ0n) is 11.4. The van der Waals surface area contributed by atoms with E-state index in [4.69, 9.17) is 16.3 Å². The number of rotatable bonds is 7. The Labute approximate surface area is 118 Å². The van der Waals surface area contributed by atoms with E-state index in [2.05, 4.69) is 22.5 Å². The van der Waals surface area contributed by atoms with Crippen molar-refractivity contribution in [3.8, 4) is 0 Å². The van der Waals surface area contributed by atoms with Crippen LogP contribution >= 0.6 is 11.6 Å². The highest BCUT2D eigenvalue weighted by molar-refractivity contribution is 6.17. The van der Waals surface area contributed by atoms with Gasteiger partial charge < -0.3 is 10.1 Å². The zero-order valence-corrected chi connectivity index (χ0v) is 12.2. The fraction of sp³-hybridized carbons (Fsp3) is 0.500. The minimum atomic E-state index is 0.267. The van der Waals surface area contributed by atoms with Gasteiger partial charge in [-0.05, 0) is 12.5 Å². The van der Waals surface area contributed by atoms with Crippen molar-refractivity contribution in [2.24, 2.45) is 7.05 Å². The SMILES string of the molecule is COCC(CCCl)NCc1nn(C)c2ccccc12. The predicted molar refractivity (Wildman–Crippen MR) is 78.6 cm³/mol. The third-order valence-corrected chi connectivity index (χ3v) is 3.44. The Balaban J connectivity index is 2.08. The Morgan fingerprint density at radius 3 is 2.95 bits per heavy atom. The molecule has 104 valence electrons. The summed E-state index contributed by atoms with van der Waals surface area (Å²) in [7, 11) is 3.68. The van der Waals surface area contributed by atoms with E-state index in [-0.39, 0.29) is 6.04 Å². The number of nitrogens with one attached hydrogen (secondary N) is 1. The summed E-state index contributed by atoms with van der Waals surface area (Å²) in [6, 6.07) is 8.52. The molecule has 0 aliphatic carbocycles. The van der Waals surface area contributed by atoms with Crippen LogP contribution in [-0.4, -0.2) is 35.4 Å². The molecule has 0 spiro atoms. The molecule has 0 aliphatic rings. The monoisotopic (exact) mass is 281 g/mol. The normalized spacial score (nSPS) is 13.0. The van der Waals surface area contributed by atoms with Crippen molar-refractivity contribution in [2.45, 2.75) is 19.0 Å². The fourth-order valence-electron chi connectivity index (χ4n) is 2.24. The molecule has 1 heterocycles. The average molecular weight is 282 g/mol.